The summed E-state index contributed by atoms with van der Waals surface area (Å²) >= 11 is 0. The third kappa shape index (κ3) is 3.06. The van der Waals surface area contributed by atoms with Crippen molar-refractivity contribution in [2.75, 3.05) is 18.8 Å². The quantitative estimate of drug-likeness (QED) is 0.662. The molecule has 2 aromatic carbocycles. The number of nitrogens with two attached hydrogens (primary N) is 2. The van der Waals surface area contributed by atoms with Crippen molar-refractivity contribution in [3.8, 4) is 22.4 Å². The highest BCUT2D eigenvalue weighted by Crippen LogP contribution is 2.46. The minimum atomic E-state index is -3.70. The van der Waals surface area contributed by atoms with Crippen molar-refractivity contribution in [3.63, 3.8) is 0 Å². The average Bonchev–Trinajstić information content (AvgIpc) is 3.14. The minimum absolute atomic E-state index is 0.102. The zero-order valence-electron chi connectivity index (χ0n) is 15.9. The van der Waals surface area contributed by atoms with Crippen molar-refractivity contribution in [2.24, 2.45) is 17.6 Å². The second-order valence-corrected chi connectivity index (χ2v) is 9.65. The highest BCUT2D eigenvalue weighted by Gasteiger charge is 2.56. The Morgan fingerprint density at radius 3 is 2.40 bits per heavy atom. The number of sulfonamides is 1. The lowest BCUT2D eigenvalue weighted by Crippen LogP contribution is -2.34. The van der Waals surface area contributed by atoms with Gasteiger partial charge in [-0.2, -0.15) is 4.31 Å². The zero-order chi connectivity index (χ0) is 21.0. The van der Waals surface area contributed by atoms with Crippen molar-refractivity contribution in [1.82, 2.24) is 14.3 Å². The SMILES string of the molecule is Nc1cnc(-c2ccc(-c3ccccc3S(=O)(=O)N3CC4C(N)C4C3)cc2F)cn1. The van der Waals surface area contributed by atoms with Crippen LogP contribution in [0.3, 0.4) is 0 Å². The number of rotatable bonds is 4. The third-order valence-corrected chi connectivity index (χ3v) is 7.85. The number of hydrogen-bond donors (Lipinski definition) is 2. The maximum atomic E-state index is 14.9. The van der Waals surface area contributed by atoms with E-state index in [1.807, 2.05) is 0 Å². The summed E-state index contributed by atoms with van der Waals surface area (Å²) < 4.78 is 42.9. The smallest absolute Gasteiger partial charge is 0.243 e. The van der Waals surface area contributed by atoms with Gasteiger partial charge in [-0.05, 0) is 35.6 Å². The zero-order valence-corrected chi connectivity index (χ0v) is 16.8. The molecule has 0 bridgehead atoms. The Bertz CT molecular complexity index is 1220. The summed E-state index contributed by atoms with van der Waals surface area (Å²) in [5, 5.41) is 0. The largest absolute Gasteiger partial charge is 0.382 e. The Kier molecular flexibility index (Phi) is 4.35. The van der Waals surface area contributed by atoms with E-state index < -0.39 is 15.8 Å². The first kappa shape index (κ1) is 19.1. The molecule has 2 atom stereocenters. The molecule has 2 heterocycles. The molecular formula is C21H20FN5O2S. The van der Waals surface area contributed by atoms with Crippen molar-refractivity contribution >= 4 is 15.8 Å². The van der Waals surface area contributed by atoms with E-state index in [1.165, 1.54) is 22.8 Å². The standard InChI is InChI=1S/C21H20FN5O2S/c22-17-7-12(5-6-14(17)18-8-26-20(23)9-25-18)13-3-1-2-4-19(13)30(28,29)27-10-15-16(11-27)21(15)24/h1-9,15-16,21H,10-11,24H2,(H2,23,26). The van der Waals surface area contributed by atoms with Gasteiger partial charge in [0.2, 0.25) is 10.0 Å². The van der Waals surface area contributed by atoms with Gasteiger partial charge in [-0.25, -0.2) is 17.8 Å². The highest BCUT2D eigenvalue weighted by atomic mass is 32.2. The van der Waals surface area contributed by atoms with Gasteiger partial charge in [0.1, 0.15) is 11.6 Å². The Balaban J connectivity index is 1.51. The number of nitrogens with zero attached hydrogens (tertiary/aromatic N) is 3. The molecule has 1 aromatic heterocycles. The lowest BCUT2D eigenvalue weighted by Gasteiger charge is -2.21. The van der Waals surface area contributed by atoms with E-state index in [0.717, 1.165) is 0 Å². The van der Waals surface area contributed by atoms with Gasteiger partial charge in [0, 0.05) is 30.3 Å². The highest BCUT2D eigenvalue weighted by molar-refractivity contribution is 7.89. The van der Waals surface area contributed by atoms with Gasteiger partial charge in [0.05, 0.1) is 23.0 Å². The summed E-state index contributed by atoms with van der Waals surface area (Å²) in [7, 11) is -3.70. The number of benzene rings is 2. The van der Waals surface area contributed by atoms with Crippen molar-refractivity contribution in [2.45, 2.75) is 10.9 Å². The molecule has 9 heteroatoms. The van der Waals surface area contributed by atoms with Crippen LogP contribution in [0.1, 0.15) is 0 Å². The predicted octanol–water partition coefficient (Wildman–Crippen LogP) is 2.11. The maximum absolute atomic E-state index is 14.9. The number of piperidine rings is 1. The molecule has 154 valence electrons. The molecule has 1 aliphatic heterocycles. The monoisotopic (exact) mass is 425 g/mol. The second-order valence-electron chi connectivity index (χ2n) is 7.74. The Hall–Kier alpha value is -2.88. The molecular weight excluding hydrogens is 405 g/mol. The van der Waals surface area contributed by atoms with Gasteiger partial charge >= 0.3 is 0 Å². The molecule has 2 aliphatic rings. The molecule has 2 unspecified atom stereocenters. The first-order chi connectivity index (χ1) is 14.4. The molecule has 1 saturated heterocycles. The molecule has 4 N–H and O–H groups in total. The molecule has 3 aromatic rings. The van der Waals surface area contributed by atoms with E-state index >= 15 is 0 Å². The van der Waals surface area contributed by atoms with Gasteiger partial charge in [-0.15, -0.1) is 0 Å². The number of halogens is 1. The Labute approximate surface area is 173 Å². The van der Waals surface area contributed by atoms with Crippen LogP contribution in [-0.4, -0.2) is 41.8 Å². The minimum Gasteiger partial charge on any atom is -0.382 e. The molecule has 0 radical (unpaired) electrons. The van der Waals surface area contributed by atoms with Crippen LogP contribution in [0.5, 0.6) is 0 Å². The number of nitrogen functional groups attached to an aromatic ring is 1. The second kappa shape index (κ2) is 6.83. The fourth-order valence-electron chi connectivity index (χ4n) is 4.17. The molecule has 0 amide bonds. The van der Waals surface area contributed by atoms with Crippen molar-refractivity contribution in [3.05, 3.63) is 60.7 Å². The van der Waals surface area contributed by atoms with Gasteiger partial charge in [0.25, 0.3) is 0 Å². The van der Waals surface area contributed by atoms with Crippen LogP contribution >= 0.6 is 0 Å². The van der Waals surface area contributed by atoms with Gasteiger partial charge in [0.15, 0.2) is 0 Å². The lowest BCUT2D eigenvalue weighted by atomic mass is 10.0. The number of aromatic nitrogens is 2. The summed E-state index contributed by atoms with van der Waals surface area (Å²) in [6.07, 6.45) is 2.76. The summed E-state index contributed by atoms with van der Waals surface area (Å²) in [5.41, 5.74) is 13.0. The van der Waals surface area contributed by atoms with E-state index in [9.17, 15) is 12.8 Å². The number of anilines is 1. The summed E-state index contributed by atoms with van der Waals surface area (Å²) in [5.74, 6) is 0.206. The third-order valence-electron chi connectivity index (χ3n) is 5.96. The van der Waals surface area contributed by atoms with E-state index in [4.69, 9.17) is 11.5 Å². The van der Waals surface area contributed by atoms with Gasteiger partial charge in [-0.1, -0.05) is 24.3 Å². The first-order valence-corrected chi connectivity index (χ1v) is 11.0. The fourth-order valence-corrected chi connectivity index (χ4v) is 5.90. The Morgan fingerprint density at radius 1 is 1.00 bits per heavy atom. The van der Waals surface area contributed by atoms with E-state index in [-0.39, 0.29) is 34.2 Å². The van der Waals surface area contributed by atoms with Crippen LogP contribution in [0.25, 0.3) is 22.4 Å². The molecule has 1 saturated carbocycles. The predicted molar refractivity (Wildman–Crippen MR) is 111 cm³/mol. The van der Waals surface area contributed by atoms with Crippen LogP contribution in [0.15, 0.2) is 59.8 Å². The topological polar surface area (TPSA) is 115 Å². The average molecular weight is 425 g/mol. The van der Waals surface area contributed by atoms with E-state index in [0.29, 0.717) is 29.9 Å². The maximum Gasteiger partial charge on any atom is 0.243 e. The molecule has 7 nitrogen and oxygen atoms in total. The Morgan fingerprint density at radius 2 is 1.73 bits per heavy atom. The molecule has 5 rings (SSSR count). The lowest BCUT2D eigenvalue weighted by molar-refractivity contribution is 0.432. The molecule has 30 heavy (non-hydrogen) atoms. The summed E-state index contributed by atoms with van der Waals surface area (Å²) in [6.45, 7) is 0.872. The van der Waals surface area contributed by atoms with Crippen molar-refractivity contribution in [1.29, 1.82) is 0 Å². The first-order valence-electron chi connectivity index (χ1n) is 9.59. The number of hydrogen-bond acceptors (Lipinski definition) is 6. The van der Waals surface area contributed by atoms with Crippen LogP contribution in [0.2, 0.25) is 0 Å². The van der Waals surface area contributed by atoms with Crippen LogP contribution in [-0.2, 0) is 10.0 Å². The number of fused-ring (bicyclic) bond motifs is 1. The fraction of sp³-hybridized carbons (Fsp3) is 0.238. The van der Waals surface area contributed by atoms with Crippen LogP contribution in [0.4, 0.5) is 10.2 Å². The van der Waals surface area contributed by atoms with Crippen molar-refractivity contribution < 1.29 is 12.8 Å². The molecule has 1 aliphatic carbocycles. The van der Waals surface area contributed by atoms with E-state index in [2.05, 4.69) is 9.97 Å². The van der Waals surface area contributed by atoms with Gasteiger partial charge < -0.3 is 11.5 Å². The van der Waals surface area contributed by atoms with Crippen LogP contribution < -0.4 is 11.5 Å². The summed E-state index contributed by atoms with van der Waals surface area (Å²) in [6, 6.07) is 11.3. The molecule has 2 fully saturated rings. The van der Waals surface area contributed by atoms with Gasteiger partial charge in [-0.3, -0.25) is 4.98 Å². The van der Waals surface area contributed by atoms with Crippen LogP contribution in [0, 0.1) is 17.7 Å². The summed E-state index contributed by atoms with van der Waals surface area (Å²) in [4.78, 5) is 8.20. The molecule has 0 spiro atoms. The van der Waals surface area contributed by atoms with E-state index in [1.54, 1.807) is 36.4 Å². The normalized spacial score (nSPS) is 23.3.